The average Bonchev–Trinajstić information content (AvgIpc) is 1.72. The van der Waals surface area contributed by atoms with Crippen molar-refractivity contribution >= 4 is 0 Å². The summed E-state index contributed by atoms with van der Waals surface area (Å²) >= 11 is 0. The van der Waals surface area contributed by atoms with Gasteiger partial charge in [-0.1, -0.05) is 0 Å². The fraction of sp³-hybridized carbons (Fsp3) is 0. The Labute approximate surface area is 43.4 Å². The highest BCUT2D eigenvalue weighted by molar-refractivity contribution is 4.07. The summed E-state index contributed by atoms with van der Waals surface area (Å²) in [7, 11) is 0. The minimum Gasteiger partial charge on any atom is -0.635 e. The van der Waals surface area contributed by atoms with E-state index in [0.717, 1.165) is 0 Å². The van der Waals surface area contributed by atoms with Gasteiger partial charge in [0.05, 0.1) is 0 Å². The molecule has 0 atom stereocenters. The lowest BCUT2D eigenvalue weighted by Gasteiger charge is -1.83. The lowest BCUT2D eigenvalue weighted by Crippen LogP contribution is -1.94. The molecule has 0 spiro atoms. The number of rotatable bonds is 1. The zero-order valence-corrected chi connectivity index (χ0v) is 3.70. The standard InChI is InChI=1S/HNO3.H3N.O2.H2O/c2-1-4-3;;1-2;/h3H;1H3;;1H2/p-1. The molecule has 8 nitrogen and oxygen atoms in total. The molecule has 8 heteroatoms. The maximum Gasteiger partial charge on any atom is 0.149 e. The smallest absolute Gasteiger partial charge is 0.149 e. The van der Waals surface area contributed by atoms with Crippen LogP contribution in [0.3, 0.4) is 0 Å². The van der Waals surface area contributed by atoms with Gasteiger partial charge >= 0.3 is 0 Å². The molecule has 0 aliphatic carbocycles. The molecule has 8 heavy (non-hydrogen) atoms. The fourth-order valence-electron chi connectivity index (χ4n) is 0. The molecule has 0 aliphatic heterocycles. The number of hydrogen-bond donors (Lipinski definition) is 1. The predicted molar refractivity (Wildman–Crippen MR) is 22.2 cm³/mol. The van der Waals surface area contributed by atoms with Crippen molar-refractivity contribution in [2.24, 2.45) is 5.34 Å². The van der Waals surface area contributed by atoms with Gasteiger partial charge in [0, 0.05) is 9.93 Å². The molecular formula is H5N2O6-. The molecule has 0 rings (SSSR count). The Morgan fingerprint density at radius 2 is 1.50 bits per heavy atom. The lowest BCUT2D eigenvalue weighted by atomic mass is 13.4. The molecule has 0 aromatic carbocycles. The second-order valence-electron chi connectivity index (χ2n) is 0.149. The van der Waals surface area contributed by atoms with Gasteiger partial charge in [0.15, 0.2) is 0 Å². The normalized spacial score (nSPS) is 3.12. The van der Waals surface area contributed by atoms with Gasteiger partial charge in [-0.05, 0) is 0 Å². The van der Waals surface area contributed by atoms with Crippen molar-refractivity contribution < 1.29 is 15.7 Å². The Morgan fingerprint density at radius 1 is 1.38 bits per heavy atom. The molecule has 0 amide bonds. The van der Waals surface area contributed by atoms with Crippen LogP contribution in [0.1, 0.15) is 0 Å². The van der Waals surface area contributed by atoms with Crippen LogP contribution in [0, 0.1) is 14.8 Å². The van der Waals surface area contributed by atoms with Gasteiger partial charge in [-0.15, -0.1) is 4.91 Å². The van der Waals surface area contributed by atoms with E-state index in [0.29, 0.717) is 0 Å². The molecule has 0 aliphatic rings. The summed E-state index contributed by atoms with van der Waals surface area (Å²) in [6, 6.07) is 0. The first-order valence-corrected chi connectivity index (χ1v) is 0.698. The second-order valence-corrected chi connectivity index (χ2v) is 0.149. The molecule has 52 valence electrons. The van der Waals surface area contributed by atoms with Crippen LogP contribution in [0.2, 0.25) is 0 Å². The van der Waals surface area contributed by atoms with E-state index < -0.39 is 0 Å². The summed E-state index contributed by atoms with van der Waals surface area (Å²) in [6.07, 6.45) is 0. The molecule has 0 unspecified atom stereocenters. The van der Waals surface area contributed by atoms with E-state index in [1.165, 1.54) is 5.34 Å². The summed E-state index contributed by atoms with van der Waals surface area (Å²) in [6.45, 7) is 0. The van der Waals surface area contributed by atoms with Gasteiger partial charge in [0.25, 0.3) is 0 Å². The van der Waals surface area contributed by atoms with Crippen LogP contribution >= 0.6 is 0 Å². The molecule has 0 saturated carbocycles. The fourth-order valence-corrected chi connectivity index (χ4v) is 0. The monoisotopic (exact) mass is 129 g/mol. The van der Waals surface area contributed by atoms with Crippen molar-refractivity contribution in [3.63, 3.8) is 0 Å². The van der Waals surface area contributed by atoms with Crippen LogP contribution in [0.5, 0.6) is 0 Å². The van der Waals surface area contributed by atoms with Gasteiger partial charge in [0.1, 0.15) is 5.34 Å². The van der Waals surface area contributed by atoms with Crippen LogP contribution in [-0.2, 0) is 4.99 Å². The van der Waals surface area contributed by atoms with Crippen LogP contribution in [0.25, 0.3) is 0 Å². The molecule has 0 bridgehead atoms. The van der Waals surface area contributed by atoms with Gasteiger partial charge in [-0.2, -0.15) is 0 Å². The van der Waals surface area contributed by atoms with Crippen LogP contribution in [0.15, 0.2) is 5.34 Å². The molecule has 5 N–H and O–H groups in total. The van der Waals surface area contributed by atoms with Crippen LogP contribution < -0.4 is 11.4 Å². The van der Waals surface area contributed by atoms with E-state index in [-0.39, 0.29) is 11.6 Å². The molecule has 0 fully saturated rings. The molecular weight excluding hydrogens is 124 g/mol. The zero-order valence-electron chi connectivity index (χ0n) is 3.70. The van der Waals surface area contributed by atoms with Gasteiger partial charge < -0.3 is 21.9 Å². The van der Waals surface area contributed by atoms with Crippen molar-refractivity contribution in [2.45, 2.75) is 0 Å². The minimum absolute atomic E-state index is 0. The summed E-state index contributed by atoms with van der Waals surface area (Å²) in [5.41, 5.74) is 0. The van der Waals surface area contributed by atoms with E-state index in [9.17, 15) is 0 Å². The first-order valence-electron chi connectivity index (χ1n) is 0.698. The topological polar surface area (TPSA) is 162 Å². The predicted octanol–water partition coefficient (Wildman–Crippen LogP) is -1.64. The zero-order chi connectivity index (χ0) is 5.41. The summed E-state index contributed by atoms with van der Waals surface area (Å²) in [5, 5.41) is 9.75. The second kappa shape index (κ2) is 181. The highest BCUT2D eigenvalue weighted by Crippen LogP contribution is 1.43. The first-order chi connectivity index (χ1) is 2.91. The van der Waals surface area contributed by atoms with E-state index in [1.54, 1.807) is 0 Å². The summed E-state index contributed by atoms with van der Waals surface area (Å²) < 4.78 is 0. The van der Waals surface area contributed by atoms with E-state index >= 15 is 0 Å². The average molecular weight is 129 g/mol. The van der Waals surface area contributed by atoms with Gasteiger partial charge in [-0.25, -0.2) is 0 Å². The first kappa shape index (κ1) is 28.7. The highest BCUT2D eigenvalue weighted by Gasteiger charge is 1.32. The summed E-state index contributed by atoms with van der Waals surface area (Å²) in [4.78, 5) is 24.8. The van der Waals surface area contributed by atoms with Crippen molar-refractivity contribution in [1.82, 2.24) is 6.15 Å². The molecule has 0 aromatic heterocycles. The van der Waals surface area contributed by atoms with Gasteiger partial charge in [-0.3, -0.25) is 0 Å². The van der Waals surface area contributed by atoms with Crippen LogP contribution in [-0.4, -0.2) is 5.48 Å². The van der Waals surface area contributed by atoms with E-state index in [4.69, 9.17) is 20.1 Å². The van der Waals surface area contributed by atoms with Crippen molar-refractivity contribution in [3.8, 4) is 0 Å². The molecule has 0 heterocycles. The number of nitrogens with zero attached hydrogens (tertiary/aromatic N) is 1. The van der Waals surface area contributed by atoms with Crippen molar-refractivity contribution in [2.75, 3.05) is 0 Å². The largest absolute Gasteiger partial charge is 0.635 e. The molecule has 0 radical (unpaired) electrons. The SMILES string of the molecule is N.O.O=NO[O-].O=O. The number of hydrogen-bond acceptors (Lipinski definition) is 7. The minimum atomic E-state index is 0. The lowest BCUT2D eigenvalue weighted by molar-refractivity contribution is -0.692. The Kier molecular flexibility index (Phi) is 648. The van der Waals surface area contributed by atoms with E-state index in [2.05, 4.69) is 4.99 Å². The highest BCUT2D eigenvalue weighted by atomic mass is 17.2. The molecule has 0 aromatic rings. The Bertz CT molecular complexity index is 27.7. The van der Waals surface area contributed by atoms with Gasteiger partial charge in [0.2, 0.25) is 0 Å². The Morgan fingerprint density at radius 3 is 1.50 bits per heavy atom. The maximum atomic E-state index is 8.39. The maximum absolute atomic E-state index is 8.39. The van der Waals surface area contributed by atoms with Crippen LogP contribution in [0.4, 0.5) is 0 Å². The Balaban J connectivity index is -0.0000000183. The summed E-state index contributed by atoms with van der Waals surface area (Å²) in [5.74, 6) is 0. The van der Waals surface area contributed by atoms with E-state index in [1.807, 2.05) is 0 Å². The quantitative estimate of drug-likeness (QED) is 0.253. The third-order valence-corrected chi connectivity index (χ3v) is 0.0304. The van der Waals surface area contributed by atoms with Crippen molar-refractivity contribution in [1.29, 1.82) is 0 Å². The third-order valence-electron chi connectivity index (χ3n) is 0.0304. The Hall–Kier alpha value is -1.12. The third kappa shape index (κ3) is 5100. The molecule has 0 saturated heterocycles. The van der Waals surface area contributed by atoms with Crippen molar-refractivity contribution in [3.05, 3.63) is 14.8 Å².